The Labute approximate surface area is 148 Å². The van der Waals surface area contributed by atoms with Crippen molar-refractivity contribution in [2.75, 3.05) is 22.0 Å². The van der Waals surface area contributed by atoms with Gasteiger partial charge < -0.3 is 4.90 Å². The van der Waals surface area contributed by atoms with Crippen LogP contribution < -0.4 is 9.21 Å². The second-order valence-electron chi connectivity index (χ2n) is 6.19. The first-order valence-corrected chi connectivity index (χ1v) is 10.2. The highest BCUT2D eigenvalue weighted by atomic mass is 32.2. The molecule has 1 amide bonds. The molecule has 0 radical (unpaired) electrons. The van der Waals surface area contributed by atoms with E-state index in [0.29, 0.717) is 18.7 Å². The van der Waals surface area contributed by atoms with Crippen molar-refractivity contribution in [3.8, 4) is 0 Å². The van der Waals surface area contributed by atoms with E-state index in [0.717, 1.165) is 23.9 Å². The number of rotatable bonds is 5. The van der Waals surface area contributed by atoms with E-state index in [4.69, 9.17) is 0 Å². The van der Waals surface area contributed by atoms with Gasteiger partial charge in [0.15, 0.2) is 0 Å². The van der Waals surface area contributed by atoms with Crippen LogP contribution in [0, 0.1) is 0 Å². The number of anilines is 2. The van der Waals surface area contributed by atoms with Crippen LogP contribution in [0.1, 0.15) is 18.9 Å². The maximum absolute atomic E-state index is 13.2. The molecule has 1 atom stereocenters. The Kier molecular flexibility index (Phi) is 4.81. The molecule has 5 nitrogen and oxygen atoms in total. The van der Waals surface area contributed by atoms with Gasteiger partial charge in [-0.25, -0.2) is 8.42 Å². The first kappa shape index (κ1) is 17.5. The maximum atomic E-state index is 13.2. The van der Waals surface area contributed by atoms with Crippen molar-refractivity contribution >= 4 is 27.3 Å². The van der Waals surface area contributed by atoms with E-state index < -0.39 is 16.1 Å². The molecule has 0 saturated heterocycles. The van der Waals surface area contributed by atoms with Gasteiger partial charge in [-0.05, 0) is 36.6 Å². The maximum Gasteiger partial charge on any atom is 0.250 e. The van der Waals surface area contributed by atoms with Crippen molar-refractivity contribution in [2.24, 2.45) is 0 Å². The van der Waals surface area contributed by atoms with Crippen molar-refractivity contribution in [1.29, 1.82) is 0 Å². The van der Waals surface area contributed by atoms with Crippen LogP contribution in [0.3, 0.4) is 0 Å². The topological polar surface area (TPSA) is 57.7 Å². The molecule has 1 aliphatic heterocycles. The number of carbonyl (C=O) groups is 1. The molecule has 1 unspecified atom stereocenters. The van der Waals surface area contributed by atoms with Gasteiger partial charge in [-0.2, -0.15) is 0 Å². The number of benzene rings is 2. The van der Waals surface area contributed by atoms with Crippen LogP contribution in [-0.2, 0) is 21.2 Å². The lowest BCUT2D eigenvalue weighted by Crippen LogP contribution is -2.50. The van der Waals surface area contributed by atoms with E-state index in [9.17, 15) is 13.2 Å². The number of para-hydroxylation sites is 2. The summed E-state index contributed by atoms with van der Waals surface area (Å²) >= 11 is 0. The lowest BCUT2D eigenvalue weighted by Gasteiger charge is -2.33. The second kappa shape index (κ2) is 6.88. The normalized spacial score (nSPS) is 14.9. The molecule has 25 heavy (non-hydrogen) atoms. The Hall–Kier alpha value is -2.34. The van der Waals surface area contributed by atoms with E-state index in [1.165, 1.54) is 4.31 Å². The quantitative estimate of drug-likeness (QED) is 0.826. The summed E-state index contributed by atoms with van der Waals surface area (Å²) in [6.45, 7) is 2.42. The molecule has 3 rings (SSSR count). The number of amides is 1. The average Bonchev–Trinajstić information content (AvgIpc) is 3.02. The Bertz CT molecular complexity index is 865. The van der Waals surface area contributed by atoms with Crippen LogP contribution >= 0.6 is 0 Å². The largest absolute Gasteiger partial charge is 0.310 e. The highest BCUT2D eigenvalue weighted by molar-refractivity contribution is 7.92. The molecule has 0 spiro atoms. The van der Waals surface area contributed by atoms with Crippen LogP contribution in [0.2, 0.25) is 0 Å². The van der Waals surface area contributed by atoms with Gasteiger partial charge >= 0.3 is 0 Å². The minimum absolute atomic E-state index is 0.179. The van der Waals surface area contributed by atoms with Crippen LogP contribution in [0.25, 0.3) is 0 Å². The van der Waals surface area contributed by atoms with Gasteiger partial charge in [-0.3, -0.25) is 9.10 Å². The van der Waals surface area contributed by atoms with E-state index in [1.54, 1.807) is 29.2 Å². The van der Waals surface area contributed by atoms with Crippen molar-refractivity contribution in [1.82, 2.24) is 0 Å². The predicted octanol–water partition coefficient (Wildman–Crippen LogP) is 2.82. The molecule has 0 bridgehead atoms. The Morgan fingerprint density at radius 2 is 1.76 bits per heavy atom. The van der Waals surface area contributed by atoms with Crippen LogP contribution in [0.5, 0.6) is 0 Å². The average molecular weight is 358 g/mol. The summed E-state index contributed by atoms with van der Waals surface area (Å²) in [5, 5.41) is 0. The lowest BCUT2D eigenvalue weighted by atomic mass is 10.1. The summed E-state index contributed by atoms with van der Waals surface area (Å²) in [6, 6.07) is 15.8. The number of carbonyl (C=O) groups excluding carboxylic acids is 1. The Morgan fingerprint density at radius 3 is 2.40 bits per heavy atom. The number of fused-ring (bicyclic) bond motifs is 1. The summed E-state index contributed by atoms with van der Waals surface area (Å²) in [7, 11) is -3.60. The smallest absolute Gasteiger partial charge is 0.250 e. The van der Waals surface area contributed by atoms with E-state index in [2.05, 4.69) is 0 Å². The SMILES string of the molecule is CCC(C(=O)N1CCc2ccccc21)N(c1ccccc1)S(C)(=O)=O. The fourth-order valence-corrected chi connectivity index (χ4v) is 4.57. The molecule has 2 aromatic rings. The van der Waals surface area contributed by atoms with Gasteiger partial charge in [-0.1, -0.05) is 43.3 Å². The highest BCUT2D eigenvalue weighted by Gasteiger charge is 2.36. The first-order chi connectivity index (χ1) is 11.9. The molecular weight excluding hydrogens is 336 g/mol. The molecule has 0 fully saturated rings. The highest BCUT2D eigenvalue weighted by Crippen LogP contribution is 2.30. The minimum Gasteiger partial charge on any atom is -0.310 e. The van der Waals surface area contributed by atoms with Gasteiger partial charge in [0.05, 0.1) is 11.9 Å². The molecular formula is C19H22N2O3S. The zero-order chi connectivity index (χ0) is 18.0. The molecule has 2 aromatic carbocycles. The molecule has 0 N–H and O–H groups in total. The molecule has 0 aliphatic carbocycles. The summed E-state index contributed by atoms with van der Waals surface area (Å²) in [6.07, 6.45) is 2.34. The third-order valence-electron chi connectivity index (χ3n) is 4.48. The summed E-state index contributed by atoms with van der Waals surface area (Å²) in [5.41, 5.74) is 2.52. The van der Waals surface area contributed by atoms with E-state index >= 15 is 0 Å². The van der Waals surface area contributed by atoms with Crippen molar-refractivity contribution in [3.05, 3.63) is 60.2 Å². The molecule has 6 heteroatoms. The standard InChI is InChI=1S/C19H22N2O3S/c1-3-17(21(25(2,23)24)16-10-5-4-6-11-16)19(22)20-14-13-15-9-7-8-12-18(15)20/h4-12,17H,3,13-14H2,1-2H3. The summed E-state index contributed by atoms with van der Waals surface area (Å²) < 4.78 is 26.2. The number of hydrogen-bond acceptors (Lipinski definition) is 3. The number of sulfonamides is 1. The fourth-order valence-electron chi connectivity index (χ4n) is 3.37. The van der Waals surface area contributed by atoms with Crippen molar-refractivity contribution in [3.63, 3.8) is 0 Å². The Balaban J connectivity index is 1.99. The van der Waals surface area contributed by atoms with Crippen LogP contribution in [-0.4, -0.2) is 33.2 Å². The van der Waals surface area contributed by atoms with Crippen molar-refractivity contribution in [2.45, 2.75) is 25.8 Å². The molecule has 1 aliphatic rings. The third kappa shape index (κ3) is 3.39. The van der Waals surface area contributed by atoms with Gasteiger partial charge in [0, 0.05) is 12.2 Å². The summed E-state index contributed by atoms with van der Waals surface area (Å²) in [4.78, 5) is 14.9. The molecule has 1 heterocycles. The van der Waals surface area contributed by atoms with Gasteiger partial charge in [0.2, 0.25) is 10.0 Å². The van der Waals surface area contributed by atoms with Gasteiger partial charge in [0.1, 0.15) is 6.04 Å². The Morgan fingerprint density at radius 1 is 1.12 bits per heavy atom. The summed E-state index contributed by atoms with van der Waals surface area (Å²) in [5.74, 6) is -0.179. The van der Waals surface area contributed by atoms with Crippen LogP contribution in [0.4, 0.5) is 11.4 Å². The van der Waals surface area contributed by atoms with Crippen molar-refractivity contribution < 1.29 is 13.2 Å². The number of nitrogens with zero attached hydrogens (tertiary/aromatic N) is 2. The van der Waals surface area contributed by atoms with Gasteiger partial charge in [0.25, 0.3) is 5.91 Å². The molecule has 0 aromatic heterocycles. The van der Waals surface area contributed by atoms with E-state index in [-0.39, 0.29) is 5.91 Å². The number of hydrogen-bond donors (Lipinski definition) is 0. The third-order valence-corrected chi connectivity index (χ3v) is 5.66. The zero-order valence-corrected chi connectivity index (χ0v) is 15.2. The first-order valence-electron chi connectivity index (χ1n) is 8.37. The van der Waals surface area contributed by atoms with Crippen LogP contribution in [0.15, 0.2) is 54.6 Å². The molecule has 132 valence electrons. The second-order valence-corrected chi connectivity index (χ2v) is 8.05. The van der Waals surface area contributed by atoms with E-state index in [1.807, 2.05) is 37.3 Å². The molecule has 0 saturated carbocycles. The predicted molar refractivity (Wildman–Crippen MR) is 100 cm³/mol. The van der Waals surface area contributed by atoms with Gasteiger partial charge in [-0.15, -0.1) is 0 Å². The fraction of sp³-hybridized carbons (Fsp3) is 0.316. The lowest BCUT2D eigenvalue weighted by molar-refractivity contribution is -0.119. The minimum atomic E-state index is -3.60. The monoisotopic (exact) mass is 358 g/mol. The zero-order valence-electron chi connectivity index (χ0n) is 14.4.